The van der Waals surface area contributed by atoms with Crippen LogP contribution in [-0.4, -0.2) is 30.8 Å². The lowest BCUT2D eigenvalue weighted by molar-refractivity contribution is 0.175. The van der Waals surface area contributed by atoms with Crippen LogP contribution in [0.5, 0.6) is 0 Å². The van der Waals surface area contributed by atoms with Gasteiger partial charge in [-0.2, -0.15) is 0 Å². The average Bonchev–Trinajstić information content (AvgIpc) is 2.42. The van der Waals surface area contributed by atoms with Crippen molar-refractivity contribution in [3.8, 4) is 0 Å². The summed E-state index contributed by atoms with van der Waals surface area (Å²) in [6.07, 6.45) is 2.32. The van der Waals surface area contributed by atoms with E-state index in [2.05, 4.69) is 34.9 Å². The van der Waals surface area contributed by atoms with Gasteiger partial charge in [-0.15, -0.1) is 0 Å². The number of piperidine rings is 1. The normalized spacial score (nSPS) is 19.1. The van der Waals surface area contributed by atoms with Gasteiger partial charge in [-0.25, -0.2) is 0 Å². The molecule has 0 aromatic heterocycles. The molecule has 3 N–H and O–H groups in total. The summed E-state index contributed by atoms with van der Waals surface area (Å²) in [5, 5.41) is 16.3. The minimum Gasteiger partial charge on any atom is -0.395 e. The molecule has 1 unspecified atom stereocenters. The van der Waals surface area contributed by atoms with Gasteiger partial charge in [0, 0.05) is 12.6 Å². The smallest absolute Gasteiger partial charge is 0.0587 e. The van der Waals surface area contributed by atoms with Gasteiger partial charge in [0.1, 0.15) is 0 Å². The van der Waals surface area contributed by atoms with E-state index in [4.69, 9.17) is 0 Å². The van der Waals surface area contributed by atoms with E-state index in [0.717, 1.165) is 32.5 Å². The zero-order valence-electron chi connectivity index (χ0n) is 10.2. The summed E-state index contributed by atoms with van der Waals surface area (Å²) in [6, 6.07) is 10.6. The van der Waals surface area contributed by atoms with Crippen LogP contribution < -0.4 is 10.6 Å². The standard InChI is InChI=1S/C14H22N2O/c17-11-14(13-6-8-15-9-7-13)16-10-12-4-2-1-3-5-12/h1-5,13-17H,6-11H2. The van der Waals surface area contributed by atoms with Crippen molar-refractivity contribution < 1.29 is 5.11 Å². The SMILES string of the molecule is OCC(NCc1ccccc1)C1CCNCC1. The molecule has 1 aromatic rings. The number of aliphatic hydroxyl groups excluding tert-OH is 1. The lowest BCUT2D eigenvalue weighted by Crippen LogP contribution is -2.43. The van der Waals surface area contributed by atoms with Crippen LogP contribution in [-0.2, 0) is 6.54 Å². The molecular weight excluding hydrogens is 212 g/mol. The largest absolute Gasteiger partial charge is 0.395 e. The van der Waals surface area contributed by atoms with E-state index < -0.39 is 0 Å². The Labute approximate surface area is 103 Å². The Bertz CT molecular complexity index is 309. The van der Waals surface area contributed by atoms with Gasteiger partial charge >= 0.3 is 0 Å². The number of nitrogens with one attached hydrogen (secondary N) is 2. The summed E-state index contributed by atoms with van der Waals surface area (Å²) in [5.41, 5.74) is 1.28. The molecule has 1 aliphatic rings. The molecule has 17 heavy (non-hydrogen) atoms. The van der Waals surface area contributed by atoms with Crippen molar-refractivity contribution in [2.45, 2.75) is 25.4 Å². The zero-order valence-corrected chi connectivity index (χ0v) is 10.2. The van der Waals surface area contributed by atoms with Crippen LogP contribution >= 0.6 is 0 Å². The van der Waals surface area contributed by atoms with Crippen molar-refractivity contribution in [1.82, 2.24) is 10.6 Å². The number of aliphatic hydroxyl groups is 1. The van der Waals surface area contributed by atoms with E-state index >= 15 is 0 Å². The first kappa shape index (κ1) is 12.6. The van der Waals surface area contributed by atoms with Crippen LogP contribution in [0.15, 0.2) is 30.3 Å². The first-order valence-electron chi connectivity index (χ1n) is 6.49. The predicted octanol–water partition coefficient (Wildman–Crippen LogP) is 1.14. The average molecular weight is 234 g/mol. The van der Waals surface area contributed by atoms with E-state index in [1.807, 2.05) is 6.07 Å². The van der Waals surface area contributed by atoms with Crippen molar-refractivity contribution in [3.63, 3.8) is 0 Å². The fraction of sp³-hybridized carbons (Fsp3) is 0.571. The maximum absolute atomic E-state index is 9.47. The van der Waals surface area contributed by atoms with Gasteiger partial charge in [-0.1, -0.05) is 30.3 Å². The number of rotatable bonds is 5. The molecule has 3 nitrogen and oxygen atoms in total. The van der Waals surface area contributed by atoms with Crippen LogP contribution in [0, 0.1) is 5.92 Å². The molecule has 1 aromatic carbocycles. The van der Waals surface area contributed by atoms with E-state index in [1.54, 1.807) is 0 Å². The summed E-state index contributed by atoms with van der Waals surface area (Å²) < 4.78 is 0. The molecule has 2 rings (SSSR count). The number of hydrogen-bond acceptors (Lipinski definition) is 3. The minimum atomic E-state index is 0.234. The van der Waals surface area contributed by atoms with Crippen LogP contribution in [0.4, 0.5) is 0 Å². The van der Waals surface area contributed by atoms with Crippen molar-refractivity contribution in [3.05, 3.63) is 35.9 Å². The third-order valence-electron chi connectivity index (χ3n) is 3.56. The molecule has 0 bridgehead atoms. The fourth-order valence-electron chi connectivity index (χ4n) is 2.47. The monoisotopic (exact) mass is 234 g/mol. The van der Waals surface area contributed by atoms with E-state index in [-0.39, 0.29) is 12.6 Å². The molecule has 1 atom stereocenters. The van der Waals surface area contributed by atoms with E-state index in [0.29, 0.717) is 5.92 Å². The molecule has 1 saturated heterocycles. The zero-order chi connectivity index (χ0) is 11.9. The molecular formula is C14H22N2O. The van der Waals surface area contributed by atoms with Crippen LogP contribution in [0.25, 0.3) is 0 Å². The predicted molar refractivity (Wildman–Crippen MR) is 69.7 cm³/mol. The Hall–Kier alpha value is -0.900. The van der Waals surface area contributed by atoms with Gasteiger partial charge in [-0.05, 0) is 37.4 Å². The van der Waals surface area contributed by atoms with Crippen molar-refractivity contribution in [2.24, 2.45) is 5.92 Å². The Balaban J connectivity index is 1.82. The molecule has 0 saturated carbocycles. The highest BCUT2D eigenvalue weighted by Crippen LogP contribution is 2.16. The molecule has 1 fully saturated rings. The third-order valence-corrected chi connectivity index (χ3v) is 3.56. The first-order chi connectivity index (χ1) is 8.40. The second kappa shape index (κ2) is 6.74. The Morgan fingerprint density at radius 2 is 1.94 bits per heavy atom. The van der Waals surface area contributed by atoms with Gasteiger partial charge in [0.25, 0.3) is 0 Å². The Morgan fingerprint density at radius 3 is 2.59 bits per heavy atom. The van der Waals surface area contributed by atoms with Crippen molar-refractivity contribution >= 4 is 0 Å². The molecule has 0 radical (unpaired) electrons. The molecule has 1 heterocycles. The highest BCUT2D eigenvalue weighted by molar-refractivity contribution is 5.14. The lowest BCUT2D eigenvalue weighted by Gasteiger charge is -2.30. The minimum absolute atomic E-state index is 0.234. The number of benzene rings is 1. The highest BCUT2D eigenvalue weighted by atomic mass is 16.3. The van der Waals surface area contributed by atoms with E-state index in [9.17, 15) is 5.11 Å². The quantitative estimate of drug-likeness (QED) is 0.716. The van der Waals surface area contributed by atoms with Gasteiger partial charge < -0.3 is 15.7 Å². The second-order valence-electron chi connectivity index (χ2n) is 4.74. The summed E-state index contributed by atoms with van der Waals surface area (Å²) in [5.74, 6) is 0.602. The summed E-state index contributed by atoms with van der Waals surface area (Å²) in [4.78, 5) is 0. The Morgan fingerprint density at radius 1 is 1.24 bits per heavy atom. The van der Waals surface area contributed by atoms with Crippen molar-refractivity contribution in [1.29, 1.82) is 0 Å². The maximum atomic E-state index is 9.47. The van der Waals surface area contributed by atoms with Crippen LogP contribution in [0.3, 0.4) is 0 Å². The maximum Gasteiger partial charge on any atom is 0.0587 e. The molecule has 0 amide bonds. The topological polar surface area (TPSA) is 44.3 Å². The molecule has 0 aliphatic carbocycles. The van der Waals surface area contributed by atoms with Crippen molar-refractivity contribution in [2.75, 3.05) is 19.7 Å². The first-order valence-corrected chi connectivity index (χ1v) is 6.49. The van der Waals surface area contributed by atoms with Gasteiger partial charge in [-0.3, -0.25) is 0 Å². The molecule has 94 valence electrons. The highest BCUT2D eigenvalue weighted by Gasteiger charge is 2.22. The molecule has 1 aliphatic heterocycles. The van der Waals surface area contributed by atoms with Gasteiger partial charge in [0.15, 0.2) is 0 Å². The summed E-state index contributed by atoms with van der Waals surface area (Å²) in [7, 11) is 0. The van der Waals surface area contributed by atoms with Crippen LogP contribution in [0.2, 0.25) is 0 Å². The van der Waals surface area contributed by atoms with Gasteiger partial charge in [0.05, 0.1) is 6.61 Å². The Kier molecular flexibility index (Phi) is 4.98. The third kappa shape index (κ3) is 3.80. The summed E-state index contributed by atoms with van der Waals surface area (Å²) in [6.45, 7) is 3.23. The second-order valence-corrected chi connectivity index (χ2v) is 4.74. The fourth-order valence-corrected chi connectivity index (χ4v) is 2.47. The number of hydrogen-bond donors (Lipinski definition) is 3. The lowest BCUT2D eigenvalue weighted by atomic mass is 9.90. The molecule has 0 spiro atoms. The summed E-state index contributed by atoms with van der Waals surface area (Å²) >= 11 is 0. The van der Waals surface area contributed by atoms with Crippen LogP contribution in [0.1, 0.15) is 18.4 Å². The van der Waals surface area contributed by atoms with Gasteiger partial charge in [0.2, 0.25) is 0 Å². The molecule has 3 heteroatoms. The van der Waals surface area contributed by atoms with E-state index in [1.165, 1.54) is 5.56 Å².